The molecule has 8 heteroatoms. The predicted octanol–water partition coefficient (Wildman–Crippen LogP) is 3.44. The first-order valence-corrected chi connectivity index (χ1v) is 11.5. The standard InChI is InChI=1S/C22H27N5O2S/c28-20(23-11-14-26-12-2-1-3-13-26)17-6-8-18(9-7-17)25-22(29)27-15-16-30-21-19(27)5-4-10-24-21/h4-10H,1-3,11-16H2,(H,23,28)(H,25,29). The molecule has 158 valence electrons. The van der Waals surface area contributed by atoms with E-state index >= 15 is 0 Å². The van der Waals surface area contributed by atoms with Crippen molar-refractivity contribution in [1.82, 2.24) is 15.2 Å². The Labute approximate surface area is 181 Å². The maximum Gasteiger partial charge on any atom is 0.326 e. The van der Waals surface area contributed by atoms with Crippen LogP contribution in [0.15, 0.2) is 47.6 Å². The highest BCUT2D eigenvalue weighted by atomic mass is 32.2. The molecule has 0 aliphatic carbocycles. The van der Waals surface area contributed by atoms with Gasteiger partial charge in [-0.1, -0.05) is 6.42 Å². The molecule has 2 aliphatic rings. The van der Waals surface area contributed by atoms with Crippen LogP contribution in [-0.4, -0.2) is 60.3 Å². The van der Waals surface area contributed by atoms with Crippen LogP contribution in [0.25, 0.3) is 0 Å². The fourth-order valence-corrected chi connectivity index (χ4v) is 4.70. The van der Waals surface area contributed by atoms with Gasteiger partial charge in [-0.2, -0.15) is 0 Å². The van der Waals surface area contributed by atoms with Gasteiger partial charge in [-0.25, -0.2) is 9.78 Å². The molecule has 2 N–H and O–H groups in total. The molecule has 1 fully saturated rings. The summed E-state index contributed by atoms with van der Waals surface area (Å²) >= 11 is 1.66. The van der Waals surface area contributed by atoms with Crippen LogP contribution in [0.3, 0.4) is 0 Å². The molecule has 0 radical (unpaired) electrons. The quantitative estimate of drug-likeness (QED) is 0.767. The molecule has 2 aliphatic heterocycles. The summed E-state index contributed by atoms with van der Waals surface area (Å²) in [7, 11) is 0. The first-order chi connectivity index (χ1) is 14.7. The van der Waals surface area contributed by atoms with Crippen LogP contribution in [0.2, 0.25) is 0 Å². The SMILES string of the molecule is O=C(NCCN1CCCCC1)c1ccc(NC(=O)N2CCSc3ncccc32)cc1. The average Bonchev–Trinajstić information content (AvgIpc) is 2.80. The molecular formula is C22H27N5O2S. The van der Waals surface area contributed by atoms with Gasteiger partial charge < -0.3 is 15.5 Å². The minimum atomic E-state index is -0.191. The van der Waals surface area contributed by atoms with Crippen molar-refractivity contribution in [3.05, 3.63) is 48.2 Å². The van der Waals surface area contributed by atoms with Crippen molar-refractivity contribution in [3.8, 4) is 0 Å². The molecule has 0 atom stereocenters. The van der Waals surface area contributed by atoms with Crippen molar-refractivity contribution >= 4 is 35.1 Å². The molecular weight excluding hydrogens is 398 g/mol. The van der Waals surface area contributed by atoms with Gasteiger partial charge in [0.1, 0.15) is 5.03 Å². The number of pyridine rings is 1. The Morgan fingerprint density at radius 1 is 1.03 bits per heavy atom. The zero-order valence-corrected chi connectivity index (χ0v) is 17.8. The van der Waals surface area contributed by atoms with Gasteiger partial charge in [0.05, 0.1) is 5.69 Å². The van der Waals surface area contributed by atoms with Crippen molar-refractivity contribution in [2.45, 2.75) is 24.3 Å². The highest BCUT2D eigenvalue weighted by Gasteiger charge is 2.23. The molecule has 0 saturated carbocycles. The zero-order valence-electron chi connectivity index (χ0n) is 17.0. The van der Waals surface area contributed by atoms with E-state index in [4.69, 9.17) is 0 Å². The van der Waals surface area contributed by atoms with Gasteiger partial charge in [0.25, 0.3) is 5.91 Å². The minimum Gasteiger partial charge on any atom is -0.351 e. The molecule has 4 rings (SSSR count). The molecule has 3 heterocycles. The molecule has 2 aromatic rings. The van der Waals surface area contributed by atoms with Crippen LogP contribution in [0.1, 0.15) is 29.6 Å². The topological polar surface area (TPSA) is 77.6 Å². The van der Waals surface area contributed by atoms with Gasteiger partial charge in [-0.3, -0.25) is 9.69 Å². The van der Waals surface area contributed by atoms with Crippen LogP contribution in [0, 0.1) is 0 Å². The maximum atomic E-state index is 12.7. The lowest BCUT2D eigenvalue weighted by atomic mass is 10.1. The smallest absolute Gasteiger partial charge is 0.326 e. The monoisotopic (exact) mass is 425 g/mol. The van der Waals surface area contributed by atoms with E-state index in [1.54, 1.807) is 47.1 Å². The fourth-order valence-electron chi connectivity index (χ4n) is 3.77. The summed E-state index contributed by atoms with van der Waals surface area (Å²) in [6.07, 6.45) is 5.55. The summed E-state index contributed by atoms with van der Waals surface area (Å²) in [5, 5.41) is 6.77. The lowest BCUT2D eigenvalue weighted by molar-refractivity contribution is 0.0946. The van der Waals surface area contributed by atoms with E-state index in [1.165, 1.54) is 19.3 Å². The number of piperidine rings is 1. The number of amides is 3. The molecule has 0 bridgehead atoms. The van der Waals surface area contributed by atoms with Gasteiger partial charge >= 0.3 is 6.03 Å². The Kier molecular flexibility index (Phi) is 6.86. The lowest BCUT2D eigenvalue weighted by Gasteiger charge is -2.28. The van der Waals surface area contributed by atoms with Crippen LogP contribution < -0.4 is 15.5 Å². The third kappa shape index (κ3) is 5.12. The van der Waals surface area contributed by atoms with E-state index < -0.39 is 0 Å². The molecule has 7 nitrogen and oxygen atoms in total. The number of likely N-dealkylation sites (tertiary alicyclic amines) is 1. The number of rotatable bonds is 5. The largest absolute Gasteiger partial charge is 0.351 e. The Morgan fingerprint density at radius 3 is 2.63 bits per heavy atom. The highest BCUT2D eigenvalue weighted by Crippen LogP contribution is 2.32. The number of urea groups is 1. The Bertz CT molecular complexity index is 883. The first-order valence-electron chi connectivity index (χ1n) is 10.5. The summed E-state index contributed by atoms with van der Waals surface area (Å²) in [5.41, 5.74) is 2.08. The van der Waals surface area contributed by atoms with E-state index in [-0.39, 0.29) is 11.9 Å². The number of anilines is 2. The number of nitrogens with one attached hydrogen (secondary N) is 2. The Balaban J connectivity index is 1.29. The van der Waals surface area contributed by atoms with Crippen molar-refractivity contribution in [2.75, 3.05) is 48.7 Å². The van der Waals surface area contributed by atoms with Crippen molar-refractivity contribution in [3.63, 3.8) is 0 Å². The summed E-state index contributed by atoms with van der Waals surface area (Å²) in [6, 6.07) is 10.6. The molecule has 3 amide bonds. The number of fused-ring (bicyclic) bond motifs is 1. The number of aromatic nitrogens is 1. The van der Waals surface area contributed by atoms with Crippen LogP contribution in [-0.2, 0) is 0 Å². The van der Waals surface area contributed by atoms with E-state index in [0.717, 1.165) is 36.1 Å². The third-order valence-corrected chi connectivity index (χ3v) is 6.38. The zero-order chi connectivity index (χ0) is 20.8. The maximum absolute atomic E-state index is 12.7. The second-order valence-electron chi connectivity index (χ2n) is 7.49. The van der Waals surface area contributed by atoms with E-state index in [0.29, 0.717) is 24.3 Å². The number of carbonyl (C=O) groups is 2. The second kappa shape index (κ2) is 9.95. The predicted molar refractivity (Wildman–Crippen MR) is 120 cm³/mol. The second-order valence-corrected chi connectivity index (χ2v) is 8.58. The molecule has 0 spiro atoms. The van der Waals surface area contributed by atoms with Crippen LogP contribution in [0.4, 0.5) is 16.2 Å². The highest BCUT2D eigenvalue weighted by molar-refractivity contribution is 7.99. The number of nitrogens with zero attached hydrogens (tertiary/aromatic N) is 3. The molecule has 30 heavy (non-hydrogen) atoms. The summed E-state index contributed by atoms with van der Waals surface area (Å²) in [4.78, 5) is 33.5. The number of hydrogen-bond acceptors (Lipinski definition) is 5. The summed E-state index contributed by atoms with van der Waals surface area (Å²) in [5.74, 6) is 0.728. The third-order valence-electron chi connectivity index (χ3n) is 5.40. The normalized spacial score (nSPS) is 16.6. The van der Waals surface area contributed by atoms with Gasteiger partial charge in [0.15, 0.2) is 0 Å². The van der Waals surface area contributed by atoms with Crippen molar-refractivity contribution < 1.29 is 9.59 Å². The molecule has 1 aromatic carbocycles. The van der Waals surface area contributed by atoms with E-state index in [9.17, 15) is 9.59 Å². The van der Waals surface area contributed by atoms with Gasteiger partial charge in [0, 0.05) is 42.8 Å². The Hall–Kier alpha value is -2.58. The van der Waals surface area contributed by atoms with E-state index in [1.807, 2.05) is 12.1 Å². The van der Waals surface area contributed by atoms with Crippen molar-refractivity contribution in [2.24, 2.45) is 0 Å². The van der Waals surface area contributed by atoms with Gasteiger partial charge in [-0.15, -0.1) is 11.8 Å². The number of carbonyl (C=O) groups excluding carboxylic acids is 2. The summed E-state index contributed by atoms with van der Waals surface area (Å²) < 4.78 is 0. The van der Waals surface area contributed by atoms with Crippen LogP contribution in [0.5, 0.6) is 0 Å². The first kappa shape index (κ1) is 20.7. The number of thioether (sulfide) groups is 1. The van der Waals surface area contributed by atoms with Gasteiger partial charge in [0.2, 0.25) is 0 Å². The van der Waals surface area contributed by atoms with E-state index in [2.05, 4.69) is 20.5 Å². The van der Waals surface area contributed by atoms with Crippen molar-refractivity contribution in [1.29, 1.82) is 0 Å². The number of hydrogen-bond donors (Lipinski definition) is 2. The average molecular weight is 426 g/mol. The van der Waals surface area contributed by atoms with Crippen LogP contribution >= 0.6 is 11.8 Å². The molecule has 1 saturated heterocycles. The Morgan fingerprint density at radius 2 is 1.83 bits per heavy atom. The van der Waals surface area contributed by atoms with Gasteiger partial charge in [-0.05, 0) is 62.3 Å². The minimum absolute atomic E-state index is 0.0852. The number of benzene rings is 1. The summed E-state index contributed by atoms with van der Waals surface area (Å²) in [6.45, 7) is 4.43. The molecule has 1 aromatic heterocycles. The lowest BCUT2D eigenvalue weighted by Crippen LogP contribution is -2.39. The molecule has 0 unspecified atom stereocenters. The fraction of sp³-hybridized carbons (Fsp3) is 0.409.